The van der Waals surface area contributed by atoms with Gasteiger partial charge in [0, 0.05) is 0 Å². The monoisotopic (exact) mass is 180 g/mol. The number of benzene rings is 1. The summed E-state index contributed by atoms with van der Waals surface area (Å²) in [6.45, 7) is 1.97. The number of halogens is 1. The lowest BCUT2D eigenvalue weighted by Crippen LogP contribution is -2.20. The van der Waals surface area contributed by atoms with Crippen molar-refractivity contribution in [1.29, 1.82) is 0 Å². The molecule has 1 nitrogen and oxygen atoms in total. The SMILES string of the molecule is Cc1ccc(F)c2c1CC(O)CC2. The van der Waals surface area contributed by atoms with Crippen molar-refractivity contribution in [1.82, 2.24) is 0 Å². The fourth-order valence-corrected chi connectivity index (χ4v) is 1.98. The van der Waals surface area contributed by atoms with Gasteiger partial charge in [0.25, 0.3) is 0 Å². The van der Waals surface area contributed by atoms with E-state index in [0.717, 1.165) is 16.7 Å². The molecule has 0 aliphatic heterocycles. The molecule has 0 spiro atoms. The van der Waals surface area contributed by atoms with Gasteiger partial charge in [-0.25, -0.2) is 4.39 Å². The summed E-state index contributed by atoms with van der Waals surface area (Å²) < 4.78 is 13.3. The largest absolute Gasteiger partial charge is 0.393 e. The predicted octanol–water partition coefficient (Wildman–Crippen LogP) is 1.98. The summed E-state index contributed by atoms with van der Waals surface area (Å²) in [5.74, 6) is -0.118. The minimum Gasteiger partial charge on any atom is -0.393 e. The van der Waals surface area contributed by atoms with E-state index in [-0.39, 0.29) is 11.9 Å². The average molecular weight is 180 g/mol. The van der Waals surface area contributed by atoms with Crippen LogP contribution in [0.5, 0.6) is 0 Å². The molecule has 0 saturated heterocycles. The van der Waals surface area contributed by atoms with E-state index in [9.17, 15) is 9.50 Å². The number of rotatable bonds is 0. The van der Waals surface area contributed by atoms with E-state index in [1.807, 2.05) is 6.92 Å². The Bertz CT molecular complexity index is 333. The molecule has 0 saturated carbocycles. The maximum absolute atomic E-state index is 13.3. The van der Waals surface area contributed by atoms with Gasteiger partial charge in [0.1, 0.15) is 5.82 Å². The third-order valence-corrected chi connectivity index (χ3v) is 2.78. The second-order valence-corrected chi connectivity index (χ2v) is 3.72. The van der Waals surface area contributed by atoms with Crippen molar-refractivity contribution in [3.05, 3.63) is 34.6 Å². The van der Waals surface area contributed by atoms with Gasteiger partial charge in [0.05, 0.1) is 6.10 Å². The number of hydrogen-bond acceptors (Lipinski definition) is 1. The highest BCUT2D eigenvalue weighted by atomic mass is 19.1. The van der Waals surface area contributed by atoms with Gasteiger partial charge >= 0.3 is 0 Å². The van der Waals surface area contributed by atoms with Crippen LogP contribution >= 0.6 is 0 Å². The Morgan fingerprint density at radius 3 is 2.92 bits per heavy atom. The van der Waals surface area contributed by atoms with Gasteiger partial charge in [-0.2, -0.15) is 0 Å². The fraction of sp³-hybridized carbons (Fsp3) is 0.455. The Labute approximate surface area is 77.2 Å². The maximum Gasteiger partial charge on any atom is 0.126 e. The van der Waals surface area contributed by atoms with E-state index < -0.39 is 0 Å². The highest BCUT2D eigenvalue weighted by Crippen LogP contribution is 2.26. The van der Waals surface area contributed by atoms with E-state index in [4.69, 9.17) is 0 Å². The Morgan fingerprint density at radius 2 is 2.15 bits per heavy atom. The van der Waals surface area contributed by atoms with Crippen LogP contribution in [0.3, 0.4) is 0 Å². The summed E-state index contributed by atoms with van der Waals surface area (Å²) in [6, 6.07) is 3.30. The second kappa shape index (κ2) is 3.11. The maximum atomic E-state index is 13.3. The first kappa shape index (κ1) is 8.70. The van der Waals surface area contributed by atoms with Crippen LogP contribution in [-0.4, -0.2) is 11.2 Å². The van der Waals surface area contributed by atoms with Crippen molar-refractivity contribution >= 4 is 0 Å². The van der Waals surface area contributed by atoms with Gasteiger partial charge in [-0.1, -0.05) is 6.07 Å². The topological polar surface area (TPSA) is 20.2 Å². The molecule has 70 valence electrons. The standard InChI is InChI=1S/C11H13FO/c1-7-2-5-11(12)9-4-3-8(13)6-10(7)9/h2,5,8,13H,3-4,6H2,1H3. The highest BCUT2D eigenvalue weighted by Gasteiger charge is 2.20. The van der Waals surface area contributed by atoms with Gasteiger partial charge < -0.3 is 5.11 Å². The van der Waals surface area contributed by atoms with Crippen molar-refractivity contribution < 1.29 is 9.50 Å². The zero-order valence-corrected chi connectivity index (χ0v) is 7.68. The van der Waals surface area contributed by atoms with E-state index >= 15 is 0 Å². The highest BCUT2D eigenvalue weighted by molar-refractivity contribution is 5.37. The van der Waals surface area contributed by atoms with Crippen LogP contribution in [-0.2, 0) is 12.8 Å². The van der Waals surface area contributed by atoms with E-state index in [2.05, 4.69) is 0 Å². The third kappa shape index (κ3) is 1.46. The zero-order chi connectivity index (χ0) is 9.42. The first-order chi connectivity index (χ1) is 6.18. The van der Waals surface area contributed by atoms with Crippen molar-refractivity contribution in [3.8, 4) is 0 Å². The normalized spacial score (nSPS) is 21.3. The predicted molar refractivity (Wildman–Crippen MR) is 49.2 cm³/mol. The molecule has 2 heteroatoms. The molecular weight excluding hydrogens is 167 g/mol. The second-order valence-electron chi connectivity index (χ2n) is 3.72. The average Bonchev–Trinajstić information content (AvgIpc) is 2.12. The number of hydrogen-bond donors (Lipinski definition) is 1. The first-order valence-corrected chi connectivity index (χ1v) is 4.63. The van der Waals surface area contributed by atoms with Crippen molar-refractivity contribution in [3.63, 3.8) is 0 Å². The first-order valence-electron chi connectivity index (χ1n) is 4.63. The molecule has 1 aromatic rings. The molecule has 13 heavy (non-hydrogen) atoms. The van der Waals surface area contributed by atoms with Crippen LogP contribution in [0.15, 0.2) is 12.1 Å². The Morgan fingerprint density at radius 1 is 1.38 bits per heavy atom. The lowest BCUT2D eigenvalue weighted by atomic mass is 9.87. The summed E-state index contributed by atoms with van der Waals surface area (Å²) in [6.07, 6.45) is 1.68. The molecule has 2 rings (SSSR count). The van der Waals surface area contributed by atoms with Crippen LogP contribution in [0.4, 0.5) is 4.39 Å². The Hall–Kier alpha value is -0.890. The van der Waals surface area contributed by atoms with Gasteiger partial charge in [-0.15, -0.1) is 0 Å². The zero-order valence-electron chi connectivity index (χ0n) is 7.68. The van der Waals surface area contributed by atoms with Crippen LogP contribution in [0.2, 0.25) is 0 Å². The number of aliphatic hydroxyl groups excluding tert-OH is 1. The van der Waals surface area contributed by atoms with Gasteiger partial charge in [0.15, 0.2) is 0 Å². The third-order valence-electron chi connectivity index (χ3n) is 2.78. The number of aliphatic hydroxyl groups is 1. The van der Waals surface area contributed by atoms with Crippen molar-refractivity contribution in [2.45, 2.75) is 32.3 Å². The molecular formula is C11H13FO. The molecule has 0 amide bonds. The quantitative estimate of drug-likeness (QED) is 0.647. The summed E-state index contributed by atoms with van der Waals surface area (Å²) >= 11 is 0. The molecule has 0 aromatic heterocycles. The van der Waals surface area contributed by atoms with Crippen LogP contribution in [0.25, 0.3) is 0 Å². The lowest BCUT2D eigenvalue weighted by Gasteiger charge is -2.22. The van der Waals surface area contributed by atoms with E-state index in [0.29, 0.717) is 19.3 Å². The molecule has 0 fully saturated rings. The molecule has 1 atom stereocenters. The van der Waals surface area contributed by atoms with E-state index in [1.165, 1.54) is 6.07 Å². The van der Waals surface area contributed by atoms with Gasteiger partial charge in [-0.3, -0.25) is 0 Å². The summed E-state index contributed by atoms with van der Waals surface area (Å²) in [5.41, 5.74) is 2.92. The Balaban J connectivity index is 2.51. The van der Waals surface area contributed by atoms with Crippen molar-refractivity contribution in [2.24, 2.45) is 0 Å². The summed E-state index contributed by atoms with van der Waals surface area (Å²) in [4.78, 5) is 0. The molecule has 0 radical (unpaired) electrons. The van der Waals surface area contributed by atoms with Gasteiger partial charge in [-0.05, 0) is 48.9 Å². The molecule has 1 aromatic carbocycles. The molecule has 1 aliphatic rings. The molecule has 1 aliphatic carbocycles. The van der Waals surface area contributed by atoms with Crippen LogP contribution in [0.1, 0.15) is 23.1 Å². The minimum atomic E-state index is -0.284. The minimum absolute atomic E-state index is 0.118. The summed E-state index contributed by atoms with van der Waals surface area (Å²) in [5, 5.41) is 9.45. The molecule has 0 heterocycles. The number of fused-ring (bicyclic) bond motifs is 1. The van der Waals surface area contributed by atoms with Crippen LogP contribution in [0, 0.1) is 12.7 Å². The number of aryl methyl sites for hydroxylation is 1. The molecule has 1 N–H and O–H groups in total. The lowest BCUT2D eigenvalue weighted by molar-refractivity contribution is 0.157. The molecule has 0 bridgehead atoms. The van der Waals surface area contributed by atoms with Crippen LogP contribution < -0.4 is 0 Å². The van der Waals surface area contributed by atoms with E-state index in [1.54, 1.807) is 6.07 Å². The van der Waals surface area contributed by atoms with Crippen molar-refractivity contribution in [2.75, 3.05) is 0 Å². The Kier molecular flexibility index (Phi) is 2.08. The smallest absolute Gasteiger partial charge is 0.126 e. The van der Waals surface area contributed by atoms with Gasteiger partial charge in [0.2, 0.25) is 0 Å². The summed E-state index contributed by atoms with van der Waals surface area (Å²) in [7, 11) is 0. The molecule has 1 unspecified atom stereocenters. The fourth-order valence-electron chi connectivity index (χ4n) is 1.98.